The Kier molecular flexibility index (Phi) is 4.32. The molecule has 8 heteroatoms. The molecule has 2 aromatic carbocycles. The van der Waals surface area contributed by atoms with Crippen molar-refractivity contribution in [1.82, 2.24) is 0 Å². The number of carbonyl (C=O) groups is 1. The first-order valence-electron chi connectivity index (χ1n) is 9.89. The maximum atomic E-state index is 14.9. The van der Waals surface area contributed by atoms with Gasteiger partial charge in [-0.3, -0.25) is 4.79 Å². The summed E-state index contributed by atoms with van der Waals surface area (Å²) in [6, 6.07) is 6.91. The molecule has 7 nitrogen and oxygen atoms in total. The van der Waals surface area contributed by atoms with Gasteiger partial charge in [-0.15, -0.1) is 5.10 Å². The predicted octanol–water partition coefficient (Wildman–Crippen LogP) is 4.38. The fraction of sp³-hybridized carbons (Fsp3) is 0.261. The summed E-state index contributed by atoms with van der Waals surface area (Å²) in [5.74, 6) is 0.437. The summed E-state index contributed by atoms with van der Waals surface area (Å²) >= 11 is 0. The average molecular weight is 421 g/mol. The van der Waals surface area contributed by atoms with Gasteiger partial charge >= 0.3 is 0 Å². The molecule has 0 aliphatic carbocycles. The Balaban J connectivity index is 1.73. The van der Waals surface area contributed by atoms with Crippen LogP contribution < -0.4 is 14.8 Å². The number of hydrogen-bond acceptors (Lipinski definition) is 6. The molecule has 3 heterocycles. The third kappa shape index (κ3) is 2.98. The molecule has 158 valence electrons. The molecule has 0 saturated heterocycles. The Hall–Kier alpha value is -3.68. The average Bonchev–Trinajstić information content (AvgIpc) is 2.98. The summed E-state index contributed by atoms with van der Waals surface area (Å²) in [7, 11) is 1.42. The van der Waals surface area contributed by atoms with Crippen molar-refractivity contribution in [3.63, 3.8) is 0 Å². The first-order chi connectivity index (χ1) is 14.9. The Morgan fingerprint density at radius 3 is 2.81 bits per heavy atom. The number of amides is 1. The number of ether oxygens (including phenoxy) is 2. The number of halogens is 1. The Bertz CT molecular complexity index is 1320. The van der Waals surface area contributed by atoms with Crippen LogP contribution in [0.25, 0.3) is 11.0 Å². The number of anilines is 1. The van der Waals surface area contributed by atoms with Crippen LogP contribution in [0.3, 0.4) is 0 Å². The summed E-state index contributed by atoms with van der Waals surface area (Å²) in [5, 5.41) is 12.0. The number of carbonyl (C=O) groups excluding carboxylic acids is 1. The lowest BCUT2D eigenvalue weighted by molar-refractivity contribution is -0.122. The van der Waals surface area contributed by atoms with Gasteiger partial charge in [0.1, 0.15) is 17.0 Å². The standard InChI is InChI=1S/C23H20FN3O4/c1-10-7-13-8-15-18(30-12(3)23(28)25-15)9-14(13)21(27-26-10)22-11(2)19-16(31-22)5-6-17(29-4)20(19)24/h5-6,8-9,12H,7H2,1-4H3,(H,25,28)/t12-/m1/s1. The molecular formula is C23H20FN3O4. The summed E-state index contributed by atoms with van der Waals surface area (Å²) in [4.78, 5) is 12.0. The Morgan fingerprint density at radius 2 is 2.03 bits per heavy atom. The van der Waals surface area contributed by atoms with Gasteiger partial charge in [0.15, 0.2) is 23.4 Å². The van der Waals surface area contributed by atoms with E-state index in [9.17, 15) is 9.18 Å². The highest BCUT2D eigenvalue weighted by Gasteiger charge is 2.29. The summed E-state index contributed by atoms with van der Waals surface area (Å²) < 4.78 is 31.9. The smallest absolute Gasteiger partial charge is 0.265 e. The molecule has 2 aliphatic rings. The van der Waals surface area contributed by atoms with Gasteiger partial charge in [-0.05, 0) is 50.6 Å². The van der Waals surface area contributed by atoms with Crippen molar-refractivity contribution in [1.29, 1.82) is 0 Å². The molecule has 1 atom stereocenters. The van der Waals surface area contributed by atoms with Gasteiger partial charge < -0.3 is 19.2 Å². The molecular weight excluding hydrogens is 401 g/mol. The van der Waals surface area contributed by atoms with Crippen molar-refractivity contribution in [3.05, 3.63) is 52.5 Å². The highest BCUT2D eigenvalue weighted by molar-refractivity contribution is 6.17. The second kappa shape index (κ2) is 6.94. The lowest BCUT2D eigenvalue weighted by Gasteiger charge is -2.25. The van der Waals surface area contributed by atoms with Crippen molar-refractivity contribution < 1.29 is 23.1 Å². The van der Waals surface area contributed by atoms with Crippen LogP contribution in [0.2, 0.25) is 0 Å². The largest absolute Gasteiger partial charge is 0.494 e. The molecule has 0 fully saturated rings. The summed E-state index contributed by atoms with van der Waals surface area (Å²) in [6.07, 6.45) is -0.0631. The quantitative estimate of drug-likeness (QED) is 0.666. The van der Waals surface area contributed by atoms with Crippen LogP contribution in [0.5, 0.6) is 11.5 Å². The number of furan rings is 1. The van der Waals surface area contributed by atoms with E-state index < -0.39 is 11.9 Å². The molecule has 1 aromatic heterocycles. The molecule has 5 rings (SSSR count). The van der Waals surface area contributed by atoms with Gasteiger partial charge in [0, 0.05) is 23.3 Å². The van der Waals surface area contributed by atoms with E-state index in [1.54, 1.807) is 19.9 Å². The third-order valence-corrected chi connectivity index (χ3v) is 5.59. The molecule has 0 saturated carbocycles. The van der Waals surface area contributed by atoms with Gasteiger partial charge in [-0.25, -0.2) is 4.39 Å². The molecule has 0 spiro atoms. The maximum absolute atomic E-state index is 14.9. The van der Waals surface area contributed by atoms with Crippen LogP contribution in [0.4, 0.5) is 10.1 Å². The Morgan fingerprint density at radius 1 is 1.23 bits per heavy atom. The fourth-order valence-corrected chi connectivity index (χ4v) is 3.99. The number of hydrogen-bond donors (Lipinski definition) is 1. The fourth-order valence-electron chi connectivity index (χ4n) is 3.99. The van der Waals surface area contributed by atoms with E-state index >= 15 is 0 Å². The molecule has 0 radical (unpaired) electrons. The molecule has 1 amide bonds. The van der Waals surface area contributed by atoms with E-state index in [1.165, 1.54) is 13.2 Å². The van der Waals surface area contributed by atoms with Crippen molar-refractivity contribution in [2.45, 2.75) is 33.3 Å². The van der Waals surface area contributed by atoms with Crippen molar-refractivity contribution in [2.24, 2.45) is 10.2 Å². The lowest BCUT2D eigenvalue weighted by Crippen LogP contribution is -2.34. The van der Waals surface area contributed by atoms with E-state index in [0.29, 0.717) is 45.9 Å². The van der Waals surface area contributed by atoms with Crippen LogP contribution >= 0.6 is 0 Å². The van der Waals surface area contributed by atoms with Crippen LogP contribution in [-0.2, 0) is 11.2 Å². The van der Waals surface area contributed by atoms with Gasteiger partial charge in [-0.2, -0.15) is 5.10 Å². The third-order valence-electron chi connectivity index (χ3n) is 5.59. The zero-order valence-corrected chi connectivity index (χ0v) is 17.5. The number of nitrogens with one attached hydrogen (secondary N) is 1. The van der Waals surface area contributed by atoms with Crippen molar-refractivity contribution in [3.8, 4) is 11.5 Å². The van der Waals surface area contributed by atoms with Crippen LogP contribution in [0.15, 0.2) is 38.9 Å². The first-order valence-corrected chi connectivity index (χ1v) is 9.89. The molecule has 0 bridgehead atoms. The summed E-state index contributed by atoms with van der Waals surface area (Å²) in [5.41, 5.74) is 4.56. The number of benzene rings is 2. The van der Waals surface area contributed by atoms with E-state index in [1.807, 2.05) is 19.1 Å². The molecule has 3 aromatic rings. The highest BCUT2D eigenvalue weighted by Crippen LogP contribution is 2.38. The van der Waals surface area contributed by atoms with E-state index in [0.717, 1.165) is 16.8 Å². The van der Waals surface area contributed by atoms with Crippen molar-refractivity contribution in [2.75, 3.05) is 12.4 Å². The number of methoxy groups -OCH3 is 1. The number of fused-ring (bicyclic) bond motifs is 3. The number of nitrogens with zero attached hydrogens (tertiary/aromatic N) is 2. The monoisotopic (exact) mass is 421 g/mol. The molecule has 2 aliphatic heterocycles. The lowest BCUT2D eigenvalue weighted by atomic mass is 9.94. The van der Waals surface area contributed by atoms with E-state index in [-0.39, 0.29) is 11.7 Å². The minimum Gasteiger partial charge on any atom is -0.494 e. The van der Waals surface area contributed by atoms with Crippen molar-refractivity contribution >= 4 is 34.0 Å². The predicted molar refractivity (Wildman–Crippen MR) is 115 cm³/mol. The van der Waals surface area contributed by atoms with E-state index in [2.05, 4.69) is 15.5 Å². The zero-order valence-electron chi connectivity index (χ0n) is 17.5. The zero-order chi connectivity index (χ0) is 21.9. The van der Waals surface area contributed by atoms with E-state index in [4.69, 9.17) is 13.9 Å². The minimum atomic E-state index is -0.607. The van der Waals surface area contributed by atoms with Gasteiger partial charge in [0.2, 0.25) is 0 Å². The molecule has 31 heavy (non-hydrogen) atoms. The van der Waals surface area contributed by atoms with Crippen LogP contribution in [-0.4, -0.2) is 30.5 Å². The SMILES string of the molecule is COc1ccc2oc(C3=NN=C(C)Cc4cc5c(cc43)O[C@H](C)C(=O)N5)c(C)c2c1F. The Labute approximate surface area is 177 Å². The minimum absolute atomic E-state index is 0.146. The van der Waals surface area contributed by atoms with Crippen LogP contribution in [0.1, 0.15) is 36.3 Å². The van der Waals surface area contributed by atoms with Gasteiger partial charge in [-0.1, -0.05) is 0 Å². The topological polar surface area (TPSA) is 85.4 Å². The highest BCUT2D eigenvalue weighted by atomic mass is 19.1. The summed E-state index contributed by atoms with van der Waals surface area (Å²) in [6.45, 7) is 5.35. The second-order valence-corrected chi connectivity index (χ2v) is 7.73. The first kappa shape index (κ1) is 19.3. The normalized spacial score (nSPS) is 17.7. The maximum Gasteiger partial charge on any atom is 0.265 e. The molecule has 1 N–H and O–H groups in total. The van der Waals surface area contributed by atoms with Crippen LogP contribution in [0, 0.1) is 12.7 Å². The number of aryl methyl sites for hydroxylation is 1. The number of rotatable bonds is 2. The second-order valence-electron chi connectivity index (χ2n) is 7.73. The molecule has 0 unspecified atom stereocenters. The van der Waals surface area contributed by atoms with Gasteiger partial charge in [0.05, 0.1) is 18.2 Å². The van der Waals surface area contributed by atoms with Gasteiger partial charge in [0.25, 0.3) is 5.91 Å².